The van der Waals surface area contributed by atoms with Gasteiger partial charge in [-0.15, -0.1) is 0 Å². The summed E-state index contributed by atoms with van der Waals surface area (Å²) in [6, 6.07) is 3.74. The lowest BCUT2D eigenvalue weighted by atomic mass is 10.1. The van der Waals surface area contributed by atoms with Crippen molar-refractivity contribution in [1.82, 2.24) is 4.90 Å². The number of hydrogen-bond acceptors (Lipinski definition) is 3. The number of halogens is 3. The van der Waals surface area contributed by atoms with Crippen LogP contribution in [0, 0.1) is 0 Å². The van der Waals surface area contributed by atoms with E-state index >= 15 is 0 Å². The third-order valence-electron chi connectivity index (χ3n) is 3.31. The van der Waals surface area contributed by atoms with E-state index in [1.165, 1.54) is 0 Å². The molecular weight excluding hydrogens is 365 g/mol. The first kappa shape index (κ1) is 16.0. The number of anilines is 1. The Hall–Kier alpha value is -0.330. The van der Waals surface area contributed by atoms with E-state index in [2.05, 4.69) is 26.1 Å². The molecule has 0 aromatic heterocycles. The molecule has 2 rings (SSSR count). The Morgan fingerprint density at radius 2 is 2.00 bits per heavy atom. The summed E-state index contributed by atoms with van der Waals surface area (Å²) in [5, 5.41) is 3.53. The molecule has 0 aliphatic carbocycles. The van der Waals surface area contributed by atoms with Crippen LogP contribution in [0.4, 0.5) is 5.69 Å². The van der Waals surface area contributed by atoms with Crippen molar-refractivity contribution in [2.75, 3.05) is 25.0 Å². The first-order valence-corrected chi connectivity index (χ1v) is 7.93. The van der Waals surface area contributed by atoms with Crippen LogP contribution in [0.25, 0.3) is 0 Å². The number of likely N-dealkylation sites (tertiary alicyclic amines) is 1. The maximum atomic E-state index is 12.0. The molecule has 1 aromatic rings. The molecule has 1 saturated heterocycles. The van der Waals surface area contributed by atoms with E-state index in [0.29, 0.717) is 26.8 Å². The molecule has 0 spiro atoms. The zero-order valence-electron chi connectivity index (χ0n) is 10.8. The molecule has 0 bridgehead atoms. The highest BCUT2D eigenvalue weighted by Gasteiger charge is 2.19. The summed E-state index contributed by atoms with van der Waals surface area (Å²) >= 11 is 15.4. The molecule has 20 heavy (non-hydrogen) atoms. The number of piperidine rings is 1. The van der Waals surface area contributed by atoms with Crippen molar-refractivity contribution in [3.05, 3.63) is 26.7 Å². The zero-order chi connectivity index (χ0) is 14.7. The number of amides is 1. The quantitative estimate of drug-likeness (QED) is 0.792. The number of hydrogen-bond donors (Lipinski definition) is 2. The Morgan fingerprint density at radius 1 is 1.35 bits per heavy atom. The van der Waals surface area contributed by atoms with E-state index in [1.807, 2.05) is 0 Å². The van der Waals surface area contributed by atoms with E-state index in [-0.39, 0.29) is 11.9 Å². The number of carbonyl (C=O) groups excluding carboxylic acids is 1. The summed E-state index contributed by atoms with van der Waals surface area (Å²) in [6.45, 7) is 2.05. The van der Waals surface area contributed by atoms with Crippen molar-refractivity contribution < 1.29 is 4.79 Å². The van der Waals surface area contributed by atoms with E-state index in [1.54, 1.807) is 12.1 Å². The SMILES string of the molecule is NC1CCN(CC(=O)Nc2ccc(Br)c(Cl)c2Cl)CC1. The third-order valence-corrected chi connectivity index (χ3v) is 5.08. The Bertz CT molecular complexity index is 505. The molecule has 0 unspecified atom stereocenters. The van der Waals surface area contributed by atoms with Crippen LogP contribution < -0.4 is 11.1 Å². The predicted octanol–water partition coefficient (Wildman–Crippen LogP) is 3.12. The Kier molecular flexibility index (Phi) is 5.69. The summed E-state index contributed by atoms with van der Waals surface area (Å²) in [5.74, 6) is -0.0965. The number of nitrogens with zero attached hydrogens (tertiary/aromatic N) is 1. The molecule has 1 aliphatic rings. The molecule has 0 atom stereocenters. The standard InChI is InChI=1S/C13H16BrCl2N3O/c14-9-1-2-10(13(16)12(9)15)18-11(20)7-19-5-3-8(17)4-6-19/h1-2,8H,3-7,17H2,(H,18,20). The predicted molar refractivity (Wildman–Crippen MR) is 86.4 cm³/mol. The monoisotopic (exact) mass is 379 g/mol. The van der Waals surface area contributed by atoms with Gasteiger partial charge in [0.2, 0.25) is 5.91 Å². The Balaban J connectivity index is 1.93. The lowest BCUT2D eigenvalue weighted by Crippen LogP contribution is -2.43. The van der Waals surface area contributed by atoms with Crippen LogP contribution in [-0.4, -0.2) is 36.5 Å². The first-order chi connectivity index (χ1) is 9.47. The summed E-state index contributed by atoms with van der Waals surface area (Å²) in [6.07, 6.45) is 1.86. The van der Waals surface area contributed by atoms with Crippen LogP contribution in [0.2, 0.25) is 10.0 Å². The Labute approximate surface area is 136 Å². The van der Waals surface area contributed by atoms with Gasteiger partial charge in [0.25, 0.3) is 0 Å². The van der Waals surface area contributed by atoms with Gasteiger partial charge in [-0.2, -0.15) is 0 Å². The van der Waals surface area contributed by atoms with Gasteiger partial charge in [-0.3, -0.25) is 9.69 Å². The van der Waals surface area contributed by atoms with Gasteiger partial charge >= 0.3 is 0 Å². The molecule has 7 heteroatoms. The maximum Gasteiger partial charge on any atom is 0.238 e. The highest BCUT2D eigenvalue weighted by molar-refractivity contribution is 9.10. The molecule has 1 heterocycles. The number of nitrogens with two attached hydrogens (primary N) is 1. The van der Waals surface area contributed by atoms with Gasteiger partial charge in [0, 0.05) is 23.6 Å². The van der Waals surface area contributed by atoms with Crippen molar-refractivity contribution in [3.63, 3.8) is 0 Å². The minimum atomic E-state index is -0.0965. The largest absolute Gasteiger partial charge is 0.328 e. The van der Waals surface area contributed by atoms with Gasteiger partial charge in [-0.1, -0.05) is 23.2 Å². The average molecular weight is 381 g/mol. The first-order valence-electron chi connectivity index (χ1n) is 6.38. The van der Waals surface area contributed by atoms with Crippen molar-refractivity contribution in [1.29, 1.82) is 0 Å². The second-order valence-electron chi connectivity index (χ2n) is 4.88. The third kappa shape index (κ3) is 4.09. The van der Waals surface area contributed by atoms with Gasteiger partial charge in [0.1, 0.15) is 0 Å². The van der Waals surface area contributed by atoms with Crippen molar-refractivity contribution in [2.24, 2.45) is 5.73 Å². The molecule has 4 nitrogen and oxygen atoms in total. The van der Waals surface area contributed by atoms with Crippen LogP contribution in [0.5, 0.6) is 0 Å². The highest BCUT2D eigenvalue weighted by Crippen LogP contribution is 2.35. The van der Waals surface area contributed by atoms with Gasteiger partial charge < -0.3 is 11.1 Å². The van der Waals surface area contributed by atoms with E-state index in [4.69, 9.17) is 28.9 Å². The fourth-order valence-electron chi connectivity index (χ4n) is 2.13. The van der Waals surface area contributed by atoms with E-state index < -0.39 is 0 Å². The number of benzene rings is 1. The van der Waals surface area contributed by atoms with Crippen LogP contribution in [0.3, 0.4) is 0 Å². The molecule has 1 aliphatic heterocycles. The van der Waals surface area contributed by atoms with Gasteiger partial charge in [0.15, 0.2) is 0 Å². The smallest absolute Gasteiger partial charge is 0.238 e. The lowest BCUT2D eigenvalue weighted by molar-refractivity contribution is -0.117. The molecule has 1 amide bonds. The summed E-state index contributed by atoms with van der Waals surface area (Å²) < 4.78 is 0.701. The minimum absolute atomic E-state index is 0.0965. The maximum absolute atomic E-state index is 12.0. The van der Waals surface area contributed by atoms with Crippen LogP contribution in [0.1, 0.15) is 12.8 Å². The topological polar surface area (TPSA) is 58.4 Å². The molecule has 3 N–H and O–H groups in total. The normalized spacial score (nSPS) is 17.2. The number of nitrogens with one attached hydrogen (secondary N) is 1. The average Bonchev–Trinajstić information content (AvgIpc) is 2.42. The molecule has 0 saturated carbocycles. The number of carbonyl (C=O) groups is 1. The lowest BCUT2D eigenvalue weighted by Gasteiger charge is -2.29. The summed E-state index contributed by atoms with van der Waals surface area (Å²) in [5.41, 5.74) is 6.36. The highest BCUT2D eigenvalue weighted by atomic mass is 79.9. The van der Waals surface area contributed by atoms with Gasteiger partial charge in [0.05, 0.1) is 22.3 Å². The van der Waals surface area contributed by atoms with E-state index in [0.717, 1.165) is 25.9 Å². The summed E-state index contributed by atoms with van der Waals surface area (Å²) in [4.78, 5) is 14.1. The van der Waals surface area contributed by atoms with Crippen LogP contribution in [0.15, 0.2) is 16.6 Å². The minimum Gasteiger partial charge on any atom is -0.328 e. The van der Waals surface area contributed by atoms with Gasteiger partial charge in [-0.05, 0) is 40.9 Å². The molecule has 1 fully saturated rings. The Morgan fingerprint density at radius 3 is 2.65 bits per heavy atom. The van der Waals surface area contributed by atoms with Crippen molar-refractivity contribution in [3.8, 4) is 0 Å². The summed E-state index contributed by atoms with van der Waals surface area (Å²) in [7, 11) is 0. The molecule has 110 valence electrons. The second kappa shape index (κ2) is 7.09. The molecule has 0 radical (unpaired) electrons. The van der Waals surface area contributed by atoms with Crippen molar-refractivity contribution >= 4 is 50.7 Å². The van der Waals surface area contributed by atoms with E-state index in [9.17, 15) is 4.79 Å². The fourth-order valence-corrected chi connectivity index (χ4v) is 2.95. The van der Waals surface area contributed by atoms with Gasteiger partial charge in [-0.25, -0.2) is 0 Å². The van der Waals surface area contributed by atoms with Crippen LogP contribution in [-0.2, 0) is 4.79 Å². The van der Waals surface area contributed by atoms with Crippen molar-refractivity contribution in [2.45, 2.75) is 18.9 Å². The van der Waals surface area contributed by atoms with Crippen LogP contribution >= 0.6 is 39.1 Å². The second-order valence-corrected chi connectivity index (χ2v) is 6.49. The number of rotatable bonds is 3. The molecule has 1 aromatic carbocycles. The molecular formula is C13H16BrCl2N3O. The fraction of sp³-hybridized carbons (Fsp3) is 0.462. The zero-order valence-corrected chi connectivity index (χ0v) is 13.9.